The van der Waals surface area contributed by atoms with Crippen molar-refractivity contribution in [2.24, 2.45) is 5.92 Å². The number of nitrogens with zero attached hydrogens (tertiary/aromatic N) is 2. The van der Waals surface area contributed by atoms with Crippen molar-refractivity contribution < 1.29 is 9.59 Å². The third kappa shape index (κ3) is 3.15. The van der Waals surface area contributed by atoms with Crippen LogP contribution in [0.5, 0.6) is 0 Å². The Balaban J connectivity index is 1.30. The number of anilines is 2. The van der Waals surface area contributed by atoms with E-state index >= 15 is 0 Å². The Morgan fingerprint density at radius 2 is 1.80 bits per heavy atom. The summed E-state index contributed by atoms with van der Waals surface area (Å²) in [4.78, 5) is 31.4. The molecule has 1 fully saturated rings. The molecule has 152 valence electrons. The van der Waals surface area contributed by atoms with Gasteiger partial charge in [-0.05, 0) is 49.4 Å². The number of hydrogen-bond donors (Lipinski definition) is 1. The molecule has 0 bridgehead atoms. The molecule has 2 aromatic carbocycles. The van der Waals surface area contributed by atoms with E-state index in [0.717, 1.165) is 54.5 Å². The van der Waals surface area contributed by atoms with Gasteiger partial charge in [0.05, 0.1) is 17.4 Å². The fraction of sp³-hybridized carbons (Fsp3) is 0.320. The summed E-state index contributed by atoms with van der Waals surface area (Å²) < 4.78 is 0. The number of para-hydroxylation sites is 2. The Hall–Kier alpha value is -3.21. The van der Waals surface area contributed by atoms with Crippen molar-refractivity contribution in [2.75, 3.05) is 16.8 Å². The van der Waals surface area contributed by atoms with E-state index in [9.17, 15) is 9.59 Å². The van der Waals surface area contributed by atoms with Crippen LogP contribution < -0.4 is 10.2 Å². The Labute approximate surface area is 176 Å². The van der Waals surface area contributed by atoms with Crippen molar-refractivity contribution >= 4 is 34.1 Å². The van der Waals surface area contributed by atoms with E-state index in [1.165, 1.54) is 5.56 Å². The number of carbonyl (C=O) groups excluding carboxylic acids is 2. The second-order valence-corrected chi connectivity index (χ2v) is 8.58. The van der Waals surface area contributed by atoms with E-state index in [1.807, 2.05) is 47.4 Å². The van der Waals surface area contributed by atoms with Gasteiger partial charge in [-0.15, -0.1) is 0 Å². The van der Waals surface area contributed by atoms with Crippen molar-refractivity contribution in [3.8, 4) is 0 Å². The Kier molecular flexibility index (Phi) is 4.54. The van der Waals surface area contributed by atoms with Gasteiger partial charge in [0.2, 0.25) is 11.8 Å². The van der Waals surface area contributed by atoms with Crippen molar-refractivity contribution in [1.82, 2.24) is 4.98 Å². The number of rotatable bonds is 2. The lowest BCUT2D eigenvalue weighted by molar-refractivity contribution is -0.121. The van der Waals surface area contributed by atoms with E-state index in [-0.39, 0.29) is 23.1 Å². The monoisotopic (exact) mass is 399 g/mol. The lowest BCUT2D eigenvalue weighted by Crippen LogP contribution is -2.40. The van der Waals surface area contributed by atoms with E-state index in [0.29, 0.717) is 0 Å². The fourth-order valence-corrected chi connectivity index (χ4v) is 5.16. The molecule has 2 amide bonds. The maximum atomic E-state index is 12.9. The molecule has 0 unspecified atom stereocenters. The first-order valence-electron chi connectivity index (χ1n) is 10.6. The average Bonchev–Trinajstić information content (AvgIpc) is 3.09. The summed E-state index contributed by atoms with van der Waals surface area (Å²) in [6.45, 7) is 2.36. The van der Waals surface area contributed by atoms with Crippen LogP contribution in [0.3, 0.4) is 0 Å². The maximum Gasteiger partial charge on any atom is 0.227 e. The summed E-state index contributed by atoms with van der Waals surface area (Å²) in [5.74, 6) is 0.139. The highest BCUT2D eigenvalue weighted by Gasteiger charge is 2.46. The molecule has 1 aliphatic heterocycles. The van der Waals surface area contributed by atoms with E-state index in [1.54, 1.807) is 13.1 Å². The fourth-order valence-electron chi connectivity index (χ4n) is 5.16. The molecule has 1 aromatic heterocycles. The predicted octanol–water partition coefficient (Wildman–Crippen LogP) is 4.67. The molecule has 2 aliphatic rings. The average molecular weight is 399 g/mol. The van der Waals surface area contributed by atoms with Gasteiger partial charge in [0, 0.05) is 35.9 Å². The lowest BCUT2D eigenvalue weighted by atomic mass is 9.67. The number of fused-ring (bicyclic) bond motifs is 3. The molecule has 1 spiro atoms. The van der Waals surface area contributed by atoms with E-state index < -0.39 is 0 Å². The molecule has 3 aromatic rings. The molecule has 5 rings (SSSR count). The first-order valence-corrected chi connectivity index (χ1v) is 10.6. The summed E-state index contributed by atoms with van der Waals surface area (Å²) >= 11 is 0. The van der Waals surface area contributed by atoms with Gasteiger partial charge >= 0.3 is 0 Å². The highest BCUT2D eigenvalue weighted by atomic mass is 16.2. The van der Waals surface area contributed by atoms with Gasteiger partial charge in [-0.2, -0.15) is 0 Å². The van der Waals surface area contributed by atoms with Crippen molar-refractivity contribution in [3.63, 3.8) is 0 Å². The summed E-state index contributed by atoms with van der Waals surface area (Å²) in [6, 6.07) is 18.1. The Bertz CT molecular complexity index is 1130. The maximum absolute atomic E-state index is 12.9. The van der Waals surface area contributed by atoms with Crippen LogP contribution in [-0.2, 0) is 15.0 Å². The molecule has 0 saturated heterocycles. The number of carbonyl (C=O) groups is 2. The zero-order chi connectivity index (χ0) is 20.7. The molecule has 2 heterocycles. The quantitative estimate of drug-likeness (QED) is 0.681. The first-order chi connectivity index (χ1) is 14.6. The van der Waals surface area contributed by atoms with E-state index in [4.69, 9.17) is 0 Å². The second-order valence-electron chi connectivity index (χ2n) is 8.58. The van der Waals surface area contributed by atoms with Gasteiger partial charge in [0.1, 0.15) is 0 Å². The Morgan fingerprint density at radius 1 is 1.07 bits per heavy atom. The normalized spacial score (nSPS) is 22.8. The number of amides is 2. The standard InChI is InChI=1S/C25H25N3O2/c1-17(29)28-16-25(21-7-3-5-9-23(21)28)12-10-18(11-13-25)24(30)27-20-14-19-6-2-4-8-22(19)26-15-20/h2-9,14-15,18H,10-13,16H2,1H3,(H,27,30). The van der Waals surface area contributed by atoms with Crippen LogP contribution >= 0.6 is 0 Å². The summed E-state index contributed by atoms with van der Waals surface area (Å²) in [6.07, 6.45) is 5.21. The van der Waals surface area contributed by atoms with Gasteiger partial charge in [0.15, 0.2) is 0 Å². The summed E-state index contributed by atoms with van der Waals surface area (Å²) in [5.41, 5.74) is 3.94. The van der Waals surface area contributed by atoms with E-state index in [2.05, 4.69) is 22.4 Å². The molecule has 1 N–H and O–H groups in total. The van der Waals surface area contributed by atoms with Gasteiger partial charge < -0.3 is 10.2 Å². The van der Waals surface area contributed by atoms with Crippen LogP contribution in [0.1, 0.15) is 38.2 Å². The minimum absolute atomic E-state index is 0.0133. The van der Waals surface area contributed by atoms with Gasteiger partial charge in [-0.3, -0.25) is 14.6 Å². The first kappa shape index (κ1) is 18.8. The third-order valence-corrected chi connectivity index (χ3v) is 6.78. The van der Waals surface area contributed by atoms with Crippen LogP contribution in [0.2, 0.25) is 0 Å². The topological polar surface area (TPSA) is 62.3 Å². The molecular weight excluding hydrogens is 374 g/mol. The lowest BCUT2D eigenvalue weighted by Gasteiger charge is -2.37. The summed E-state index contributed by atoms with van der Waals surface area (Å²) in [7, 11) is 0. The number of aromatic nitrogens is 1. The Morgan fingerprint density at radius 3 is 2.60 bits per heavy atom. The van der Waals surface area contributed by atoms with Gasteiger partial charge in [0.25, 0.3) is 0 Å². The smallest absolute Gasteiger partial charge is 0.227 e. The highest BCUT2D eigenvalue weighted by molar-refractivity contribution is 5.96. The highest BCUT2D eigenvalue weighted by Crippen LogP contribution is 2.50. The second kappa shape index (κ2) is 7.24. The summed E-state index contributed by atoms with van der Waals surface area (Å²) in [5, 5.41) is 4.08. The van der Waals surface area contributed by atoms with Crippen LogP contribution in [0.25, 0.3) is 10.9 Å². The number of hydrogen-bond acceptors (Lipinski definition) is 3. The largest absolute Gasteiger partial charge is 0.324 e. The van der Waals surface area contributed by atoms with Gasteiger partial charge in [-0.25, -0.2) is 0 Å². The molecule has 0 radical (unpaired) electrons. The zero-order valence-electron chi connectivity index (χ0n) is 17.1. The minimum atomic E-state index is -0.0243. The van der Waals surface area contributed by atoms with Crippen molar-refractivity contribution in [3.05, 3.63) is 66.4 Å². The third-order valence-electron chi connectivity index (χ3n) is 6.78. The molecule has 1 aliphatic carbocycles. The van der Waals surface area contributed by atoms with Crippen LogP contribution in [0.15, 0.2) is 60.8 Å². The van der Waals surface area contributed by atoms with Crippen LogP contribution in [0, 0.1) is 5.92 Å². The number of nitrogens with one attached hydrogen (secondary N) is 1. The van der Waals surface area contributed by atoms with Crippen molar-refractivity contribution in [2.45, 2.75) is 38.0 Å². The molecular formula is C25H25N3O2. The molecule has 1 saturated carbocycles. The zero-order valence-corrected chi connectivity index (χ0v) is 17.1. The number of pyridine rings is 1. The minimum Gasteiger partial charge on any atom is -0.324 e. The van der Waals surface area contributed by atoms with Crippen molar-refractivity contribution in [1.29, 1.82) is 0 Å². The SMILES string of the molecule is CC(=O)N1CC2(CCC(C(=O)Nc3cnc4ccccc4c3)CC2)c2ccccc21. The van der Waals surface area contributed by atoms with Crippen LogP contribution in [-0.4, -0.2) is 23.3 Å². The molecule has 5 nitrogen and oxygen atoms in total. The molecule has 5 heteroatoms. The molecule has 0 atom stereocenters. The number of benzene rings is 2. The molecule has 30 heavy (non-hydrogen) atoms. The van der Waals surface area contributed by atoms with Gasteiger partial charge in [-0.1, -0.05) is 36.4 Å². The predicted molar refractivity (Wildman–Crippen MR) is 118 cm³/mol. The van der Waals surface area contributed by atoms with Crippen LogP contribution in [0.4, 0.5) is 11.4 Å².